The third-order valence-corrected chi connectivity index (χ3v) is 5.93. The lowest BCUT2D eigenvalue weighted by Crippen LogP contribution is -2.22. The summed E-state index contributed by atoms with van der Waals surface area (Å²) in [6, 6.07) is 12.9. The first-order valence-electron chi connectivity index (χ1n) is 11.0. The molecule has 2 aromatic carbocycles. The monoisotopic (exact) mass is 424 g/mol. The zero-order valence-corrected chi connectivity index (χ0v) is 18.4. The predicted octanol–water partition coefficient (Wildman–Crippen LogP) is 7.35. The maximum Gasteiger partial charge on any atom is 0.140 e. The molecule has 0 heterocycles. The average molecular weight is 425 g/mol. The summed E-state index contributed by atoms with van der Waals surface area (Å²) in [7, 11) is 0. The van der Waals surface area contributed by atoms with E-state index in [1.807, 2.05) is 12.1 Å². The summed E-state index contributed by atoms with van der Waals surface area (Å²) in [6.45, 7) is 2.90. The zero-order chi connectivity index (χ0) is 21.2. The second-order valence-corrected chi connectivity index (χ2v) is 8.40. The molecule has 1 nitrogen and oxygen atoms in total. The smallest absolute Gasteiger partial charge is 0.140 e. The van der Waals surface area contributed by atoms with Crippen molar-refractivity contribution in [2.45, 2.75) is 58.0 Å². The van der Waals surface area contributed by atoms with E-state index in [0.29, 0.717) is 16.7 Å². The van der Waals surface area contributed by atoms with E-state index in [0.717, 1.165) is 30.9 Å². The number of ether oxygens (including phenoxy) is 1. The Morgan fingerprint density at radius 2 is 1.80 bits per heavy atom. The molecule has 2 aromatic rings. The topological polar surface area (TPSA) is 9.23 Å². The fraction of sp³-hybridized carbons (Fsp3) is 0.407. The van der Waals surface area contributed by atoms with Gasteiger partial charge < -0.3 is 4.74 Å². The minimum absolute atomic E-state index is 0.365. The van der Waals surface area contributed by atoms with E-state index in [1.165, 1.54) is 43.7 Å². The van der Waals surface area contributed by atoms with Gasteiger partial charge in [0.15, 0.2) is 0 Å². The summed E-state index contributed by atoms with van der Waals surface area (Å²) >= 11 is 5.78. The fourth-order valence-electron chi connectivity index (χ4n) is 3.87. The van der Waals surface area contributed by atoms with Crippen LogP contribution in [0.15, 0.2) is 54.6 Å². The lowest BCUT2D eigenvalue weighted by Gasteiger charge is -2.28. The summed E-state index contributed by atoms with van der Waals surface area (Å²) < 4.78 is 19.8. The quantitative estimate of drug-likeness (QED) is 0.333. The van der Waals surface area contributed by atoms with Crippen molar-refractivity contribution in [3.05, 3.63) is 82.1 Å². The van der Waals surface area contributed by atoms with Crippen LogP contribution in [0.4, 0.5) is 4.39 Å². The molecule has 0 amide bonds. The zero-order valence-electron chi connectivity index (χ0n) is 17.7. The van der Waals surface area contributed by atoms with Crippen LogP contribution in [0, 0.1) is 23.6 Å². The van der Waals surface area contributed by atoms with E-state index in [1.54, 1.807) is 12.1 Å². The summed E-state index contributed by atoms with van der Waals surface area (Å²) in [5.74, 6) is 6.33. The van der Waals surface area contributed by atoms with Gasteiger partial charge in [-0.3, -0.25) is 0 Å². The van der Waals surface area contributed by atoms with Crippen LogP contribution < -0.4 is 0 Å². The molecule has 0 radical (unpaired) electrons. The molecule has 1 aliphatic rings. The van der Waals surface area contributed by atoms with Crippen LogP contribution >= 0.6 is 11.6 Å². The molecular weight excluding hydrogens is 395 g/mol. The van der Waals surface area contributed by atoms with Crippen molar-refractivity contribution in [2.75, 3.05) is 6.61 Å². The van der Waals surface area contributed by atoms with Crippen LogP contribution in [-0.4, -0.2) is 12.7 Å². The second kappa shape index (κ2) is 11.9. The maximum atomic E-state index is 13.8. The molecule has 30 heavy (non-hydrogen) atoms. The summed E-state index contributed by atoms with van der Waals surface area (Å²) in [4.78, 5) is 0. The van der Waals surface area contributed by atoms with E-state index >= 15 is 0 Å². The van der Waals surface area contributed by atoms with Crippen molar-refractivity contribution in [3.8, 4) is 11.8 Å². The molecular formula is C27H30ClFO. The molecule has 0 bridgehead atoms. The number of allylic oxidation sites excluding steroid dienone is 1. The van der Waals surface area contributed by atoms with Crippen molar-refractivity contribution in [1.29, 1.82) is 0 Å². The minimum atomic E-state index is -0.385. The van der Waals surface area contributed by atoms with Gasteiger partial charge in [0.25, 0.3) is 0 Å². The van der Waals surface area contributed by atoms with E-state index in [4.69, 9.17) is 16.3 Å². The molecule has 0 spiro atoms. The largest absolute Gasteiger partial charge is 0.374 e. The van der Waals surface area contributed by atoms with Gasteiger partial charge in [-0.25, -0.2) is 4.39 Å². The number of halogens is 2. The van der Waals surface area contributed by atoms with Crippen LogP contribution in [0.25, 0.3) is 0 Å². The molecule has 0 aliphatic heterocycles. The van der Waals surface area contributed by atoms with Gasteiger partial charge >= 0.3 is 0 Å². The highest BCUT2D eigenvalue weighted by Gasteiger charge is 2.21. The maximum absolute atomic E-state index is 13.8. The number of hydrogen-bond acceptors (Lipinski definition) is 1. The Kier molecular flexibility index (Phi) is 9.00. The summed E-state index contributed by atoms with van der Waals surface area (Å²) in [5, 5.41) is 0.382. The van der Waals surface area contributed by atoms with Gasteiger partial charge in [-0.1, -0.05) is 54.7 Å². The van der Waals surface area contributed by atoms with Crippen molar-refractivity contribution in [3.63, 3.8) is 0 Å². The molecule has 1 saturated carbocycles. The van der Waals surface area contributed by atoms with Crippen molar-refractivity contribution in [2.24, 2.45) is 5.92 Å². The third kappa shape index (κ3) is 7.31. The molecule has 158 valence electrons. The Labute approximate surface area is 185 Å². The van der Waals surface area contributed by atoms with Crippen LogP contribution in [-0.2, 0) is 11.2 Å². The molecule has 0 atom stereocenters. The molecule has 0 unspecified atom stereocenters. The van der Waals surface area contributed by atoms with Gasteiger partial charge in [-0.15, -0.1) is 0 Å². The fourth-order valence-corrected chi connectivity index (χ4v) is 4.03. The Hall–Kier alpha value is -2.08. The van der Waals surface area contributed by atoms with Crippen LogP contribution in [0.1, 0.15) is 62.1 Å². The Balaban J connectivity index is 1.42. The number of hydrogen-bond donors (Lipinski definition) is 0. The first kappa shape index (κ1) is 22.6. The number of aryl methyl sites for hydroxylation is 1. The standard InChI is InChI=1S/C27H30ClFO/c1-2-3-4-19-30-26-17-12-23(13-18-26)10-7-21-5-8-22(9-6-21)11-14-24-15-16-25(28)20-27(24)29/h3-6,8-9,15-16,20,23,26H,2,7,10,12-13,17-19H2,1H3/b4-3+. The summed E-state index contributed by atoms with van der Waals surface area (Å²) in [6.07, 6.45) is 13.0. The van der Waals surface area contributed by atoms with E-state index < -0.39 is 0 Å². The van der Waals surface area contributed by atoms with E-state index in [-0.39, 0.29) is 5.82 Å². The first-order chi connectivity index (χ1) is 14.6. The number of rotatable bonds is 7. The minimum Gasteiger partial charge on any atom is -0.374 e. The van der Waals surface area contributed by atoms with Crippen LogP contribution in [0.2, 0.25) is 5.02 Å². The van der Waals surface area contributed by atoms with Crippen molar-refractivity contribution < 1.29 is 9.13 Å². The van der Waals surface area contributed by atoms with Gasteiger partial charge in [0, 0.05) is 10.6 Å². The number of benzene rings is 2. The van der Waals surface area contributed by atoms with Gasteiger partial charge in [0.2, 0.25) is 0 Å². The highest BCUT2D eigenvalue weighted by molar-refractivity contribution is 6.30. The molecule has 0 aromatic heterocycles. The molecule has 1 aliphatic carbocycles. The van der Waals surface area contributed by atoms with Crippen molar-refractivity contribution >= 4 is 11.6 Å². The van der Waals surface area contributed by atoms with Gasteiger partial charge in [-0.05, 0) is 86.8 Å². The summed E-state index contributed by atoms with van der Waals surface area (Å²) in [5.41, 5.74) is 2.59. The SMILES string of the molecule is CC/C=C/COC1CCC(CCc2ccc(C#Cc3ccc(Cl)cc3F)cc2)CC1. The average Bonchev–Trinajstić information content (AvgIpc) is 2.76. The predicted molar refractivity (Wildman–Crippen MR) is 123 cm³/mol. The molecule has 0 N–H and O–H groups in total. The van der Waals surface area contributed by atoms with Gasteiger partial charge in [0.1, 0.15) is 5.82 Å². The third-order valence-electron chi connectivity index (χ3n) is 5.69. The Morgan fingerprint density at radius 3 is 2.50 bits per heavy atom. The lowest BCUT2D eigenvalue weighted by atomic mass is 9.83. The Bertz CT molecular complexity index is 883. The van der Waals surface area contributed by atoms with Crippen molar-refractivity contribution in [1.82, 2.24) is 0 Å². The van der Waals surface area contributed by atoms with Gasteiger partial charge in [-0.2, -0.15) is 0 Å². The van der Waals surface area contributed by atoms with Crippen LogP contribution in [0.3, 0.4) is 0 Å². The molecule has 3 rings (SSSR count). The van der Waals surface area contributed by atoms with Crippen LogP contribution in [0.5, 0.6) is 0 Å². The Morgan fingerprint density at radius 1 is 1.03 bits per heavy atom. The molecule has 1 fully saturated rings. The second-order valence-electron chi connectivity index (χ2n) is 7.97. The first-order valence-corrected chi connectivity index (χ1v) is 11.3. The lowest BCUT2D eigenvalue weighted by molar-refractivity contribution is 0.0336. The van der Waals surface area contributed by atoms with E-state index in [9.17, 15) is 4.39 Å². The van der Waals surface area contributed by atoms with Gasteiger partial charge in [0.05, 0.1) is 18.3 Å². The highest BCUT2D eigenvalue weighted by Crippen LogP contribution is 2.29. The normalized spacial score (nSPS) is 18.9. The highest BCUT2D eigenvalue weighted by atomic mass is 35.5. The molecule has 0 saturated heterocycles. The molecule has 3 heteroatoms. The van der Waals surface area contributed by atoms with E-state index in [2.05, 4.69) is 43.0 Å².